The summed E-state index contributed by atoms with van der Waals surface area (Å²) in [5.41, 5.74) is 1.23. The standard InChI is InChI=1S/C16H18BrN3O/c1-21-15-6-5-13(12-14(15)17)19-8-10-20(11-9-19)16-4-2-3-7-18-16/h2-7,12H,8-11H2,1H3. The van der Waals surface area contributed by atoms with E-state index in [1.54, 1.807) is 7.11 Å². The molecule has 2 heterocycles. The predicted octanol–water partition coefficient (Wildman–Crippen LogP) is 3.18. The first-order valence-corrected chi connectivity index (χ1v) is 7.81. The lowest BCUT2D eigenvalue weighted by molar-refractivity contribution is 0.412. The molecule has 0 saturated carbocycles. The van der Waals surface area contributed by atoms with E-state index in [2.05, 4.69) is 48.9 Å². The number of methoxy groups -OCH3 is 1. The normalized spacial score (nSPS) is 15.1. The van der Waals surface area contributed by atoms with Crippen LogP contribution in [0.25, 0.3) is 0 Å². The van der Waals surface area contributed by atoms with Crippen LogP contribution in [0.2, 0.25) is 0 Å². The molecule has 1 aliphatic rings. The van der Waals surface area contributed by atoms with Gasteiger partial charge in [-0.25, -0.2) is 4.98 Å². The van der Waals surface area contributed by atoms with Crippen LogP contribution >= 0.6 is 15.9 Å². The number of piperazine rings is 1. The fraction of sp³-hybridized carbons (Fsp3) is 0.312. The first-order valence-electron chi connectivity index (χ1n) is 7.02. The molecule has 0 spiro atoms. The number of ether oxygens (including phenoxy) is 1. The van der Waals surface area contributed by atoms with E-state index in [9.17, 15) is 0 Å². The summed E-state index contributed by atoms with van der Waals surface area (Å²) in [7, 11) is 1.69. The predicted molar refractivity (Wildman–Crippen MR) is 89.4 cm³/mol. The summed E-state index contributed by atoms with van der Waals surface area (Å²) in [5, 5.41) is 0. The Balaban J connectivity index is 1.67. The molecular formula is C16H18BrN3O. The molecule has 1 saturated heterocycles. The van der Waals surface area contributed by atoms with Crippen molar-refractivity contribution >= 4 is 27.4 Å². The van der Waals surface area contributed by atoms with Crippen molar-refractivity contribution in [3.63, 3.8) is 0 Å². The SMILES string of the molecule is COc1ccc(N2CCN(c3ccccn3)CC2)cc1Br. The van der Waals surface area contributed by atoms with Crippen molar-refractivity contribution in [3.8, 4) is 5.75 Å². The van der Waals surface area contributed by atoms with E-state index in [1.165, 1.54) is 5.69 Å². The van der Waals surface area contributed by atoms with Crippen LogP contribution in [0.3, 0.4) is 0 Å². The lowest BCUT2D eigenvalue weighted by Gasteiger charge is -2.36. The molecular weight excluding hydrogens is 330 g/mol. The van der Waals surface area contributed by atoms with E-state index >= 15 is 0 Å². The number of pyridine rings is 1. The van der Waals surface area contributed by atoms with Crippen LogP contribution < -0.4 is 14.5 Å². The van der Waals surface area contributed by atoms with Crippen LogP contribution in [-0.2, 0) is 0 Å². The van der Waals surface area contributed by atoms with Crippen molar-refractivity contribution in [2.45, 2.75) is 0 Å². The molecule has 1 aromatic heterocycles. The maximum Gasteiger partial charge on any atom is 0.133 e. The highest BCUT2D eigenvalue weighted by Crippen LogP contribution is 2.30. The summed E-state index contributed by atoms with van der Waals surface area (Å²) in [6.07, 6.45) is 1.85. The smallest absolute Gasteiger partial charge is 0.133 e. The largest absolute Gasteiger partial charge is 0.496 e. The summed E-state index contributed by atoms with van der Waals surface area (Å²) in [5.74, 6) is 1.93. The second-order valence-electron chi connectivity index (χ2n) is 4.98. The number of anilines is 2. The summed E-state index contributed by atoms with van der Waals surface area (Å²) in [6, 6.07) is 12.3. The Morgan fingerprint density at radius 2 is 1.81 bits per heavy atom. The van der Waals surface area contributed by atoms with Crippen molar-refractivity contribution in [2.75, 3.05) is 43.1 Å². The molecule has 5 heteroatoms. The van der Waals surface area contributed by atoms with Gasteiger partial charge in [0.25, 0.3) is 0 Å². The lowest BCUT2D eigenvalue weighted by atomic mass is 10.2. The van der Waals surface area contributed by atoms with Gasteiger partial charge in [-0.2, -0.15) is 0 Å². The van der Waals surface area contributed by atoms with Crippen molar-refractivity contribution < 1.29 is 4.74 Å². The topological polar surface area (TPSA) is 28.6 Å². The molecule has 1 aliphatic heterocycles. The maximum absolute atomic E-state index is 5.28. The fourth-order valence-electron chi connectivity index (χ4n) is 2.59. The highest BCUT2D eigenvalue weighted by Gasteiger charge is 2.18. The molecule has 0 unspecified atom stereocenters. The van der Waals surface area contributed by atoms with Gasteiger partial charge in [-0.3, -0.25) is 0 Å². The number of rotatable bonds is 3. The van der Waals surface area contributed by atoms with E-state index < -0.39 is 0 Å². The Morgan fingerprint density at radius 1 is 1.05 bits per heavy atom. The van der Waals surface area contributed by atoms with Gasteiger partial charge in [0, 0.05) is 38.1 Å². The molecule has 0 radical (unpaired) electrons. The molecule has 0 amide bonds. The van der Waals surface area contributed by atoms with Gasteiger partial charge < -0.3 is 14.5 Å². The van der Waals surface area contributed by atoms with Crippen molar-refractivity contribution in [2.24, 2.45) is 0 Å². The van der Waals surface area contributed by atoms with Crippen LogP contribution in [0.1, 0.15) is 0 Å². The highest BCUT2D eigenvalue weighted by atomic mass is 79.9. The highest BCUT2D eigenvalue weighted by molar-refractivity contribution is 9.10. The van der Waals surface area contributed by atoms with Crippen molar-refractivity contribution in [1.29, 1.82) is 0 Å². The van der Waals surface area contributed by atoms with Gasteiger partial charge in [0.15, 0.2) is 0 Å². The number of halogens is 1. The zero-order chi connectivity index (χ0) is 14.7. The minimum atomic E-state index is 0.867. The molecule has 0 aliphatic carbocycles. The molecule has 2 aromatic rings. The van der Waals surface area contributed by atoms with Gasteiger partial charge in [0.2, 0.25) is 0 Å². The van der Waals surface area contributed by atoms with E-state index in [4.69, 9.17) is 4.74 Å². The number of aromatic nitrogens is 1. The molecule has 1 aromatic carbocycles. The zero-order valence-corrected chi connectivity index (χ0v) is 13.6. The van der Waals surface area contributed by atoms with Gasteiger partial charge in [0.1, 0.15) is 11.6 Å². The van der Waals surface area contributed by atoms with Gasteiger partial charge in [-0.1, -0.05) is 6.07 Å². The van der Waals surface area contributed by atoms with Gasteiger partial charge in [-0.15, -0.1) is 0 Å². The Labute approximate surface area is 133 Å². The first kappa shape index (κ1) is 14.2. The molecule has 4 nitrogen and oxygen atoms in total. The second kappa shape index (κ2) is 6.35. The van der Waals surface area contributed by atoms with Crippen LogP contribution in [0.15, 0.2) is 47.1 Å². The van der Waals surface area contributed by atoms with E-state index in [0.717, 1.165) is 42.2 Å². The molecule has 21 heavy (non-hydrogen) atoms. The minimum absolute atomic E-state index is 0.867. The first-order chi connectivity index (χ1) is 10.3. The molecule has 0 bridgehead atoms. The average Bonchev–Trinajstić information content (AvgIpc) is 2.56. The summed E-state index contributed by atoms with van der Waals surface area (Å²) in [6.45, 7) is 3.96. The van der Waals surface area contributed by atoms with Crippen LogP contribution in [0.4, 0.5) is 11.5 Å². The lowest BCUT2D eigenvalue weighted by Crippen LogP contribution is -2.46. The quantitative estimate of drug-likeness (QED) is 0.852. The van der Waals surface area contributed by atoms with Crippen LogP contribution in [-0.4, -0.2) is 38.3 Å². The van der Waals surface area contributed by atoms with Gasteiger partial charge in [-0.05, 0) is 46.3 Å². The van der Waals surface area contributed by atoms with Crippen LogP contribution in [0.5, 0.6) is 5.75 Å². The number of nitrogens with zero attached hydrogens (tertiary/aromatic N) is 3. The Kier molecular flexibility index (Phi) is 4.29. The van der Waals surface area contributed by atoms with Gasteiger partial charge >= 0.3 is 0 Å². The Hall–Kier alpha value is -1.75. The van der Waals surface area contributed by atoms with E-state index in [1.807, 2.05) is 24.4 Å². The summed E-state index contributed by atoms with van der Waals surface area (Å²) in [4.78, 5) is 9.14. The van der Waals surface area contributed by atoms with Gasteiger partial charge in [0.05, 0.1) is 11.6 Å². The van der Waals surface area contributed by atoms with Crippen LogP contribution in [0, 0.1) is 0 Å². The Bertz CT molecular complexity index is 598. The third-order valence-corrected chi connectivity index (χ3v) is 4.37. The molecule has 3 rings (SSSR count). The van der Waals surface area contributed by atoms with E-state index in [-0.39, 0.29) is 0 Å². The molecule has 0 N–H and O–H groups in total. The number of benzene rings is 1. The fourth-order valence-corrected chi connectivity index (χ4v) is 3.12. The molecule has 110 valence electrons. The summed E-state index contributed by atoms with van der Waals surface area (Å²) < 4.78 is 6.28. The van der Waals surface area contributed by atoms with Crippen molar-refractivity contribution in [1.82, 2.24) is 4.98 Å². The number of hydrogen-bond donors (Lipinski definition) is 0. The second-order valence-corrected chi connectivity index (χ2v) is 5.84. The monoisotopic (exact) mass is 347 g/mol. The van der Waals surface area contributed by atoms with Crippen molar-refractivity contribution in [3.05, 3.63) is 47.1 Å². The average molecular weight is 348 g/mol. The number of hydrogen-bond acceptors (Lipinski definition) is 4. The van der Waals surface area contributed by atoms with E-state index in [0.29, 0.717) is 0 Å². The zero-order valence-electron chi connectivity index (χ0n) is 12.0. The third-order valence-electron chi connectivity index (χ3n) is 3.75. The Morgan fingerprint density at radius 3 is 2.43 bits per heavy atom. The molecule has 1 fully saturated rings. The summed E-state index contributed by atoms with van der Waals surface area (Å²) >= 11 is 3.55. The third kappa shape index (κ3) is 3.13. The molecule has 0 atom stereocenters. The minimum Gasteiger partial charge on any atom is -0.496 e. The maximum atomic E-state index is 5.28.